The third-order valence-electron chi connectivity index (χ3n) is 3.50. The zero-order valence-electron chi connectivity index (χ0n) is 11.0. The maximum absolute atomic E-state index is 12.0. The molecule has 2 unspecified atom stereocenters. The minimum atomic E-state index is 0.143. The van der Waals surface area contributed by atoms with Gasteiger partial charge in [0.1, 0.15) is 0 Å². The Morgan fingerprint density at radius 2 is 2.11 bits per heavy atom. The first-order valence-corrected chi connectivity index (χ1v) is 6.78. The zero-order valence-corrected chi connectivity index (χ0v) is 11.0. The second-order valence-electron chi connectivity index (χ2n) is 5.22. The summed E-state index contributed by atoms with van der Waals surface area (Å²) in [6.45, 7) is 4.78. The number of piperidine rings is 1. The van der Waals surface area contributed by atoms with Crippen LogP contribution in [0.4, 0.5) is 0 Å². The maximum Gasteiger partial charge on any atom is 0.224 e. The van der Waals surface area contributed by atoms with Crippen LogP contribution in [0.2, 0.25) is 0 Å². The van der Waals surface area contributed by atoms with Crippen LogP contribution in [-0.2, 0) is 11.2 Å². The van der Waals surface area contributed by atoms with E-state index in [-0.39, 0.29) is 11.8 Å². The van der Waals surface area contributed by atoms with Crippen LogP contribution in [-0.4, -0.2) is 25.5 Å². The van der Waals surface area contributed by atoms with Crippen LogP contribution in [0.15, 0.2) is 30.3 Å². The molecule has 18 heavy (non-hydrogen) atoms. The number of amides is 1. The molecule has 2 atom stereocenters. The fourth-order valence-corrected chi connectivity index (χ4v) is 2.48. The van der Waals surface area contributed by atoms with Gasteiger partial charge in [0, 0.05) is 13.1 Å². The molecule has 0 spiro atoms. The Kier molecular flexibility index (Phi) is 4.76. The molecule has 1 aromatic carbocycles. The van der Waals surface area contributed by atoms with Crippen LogP contribution in [0.5, 0.6) is 0 Å². The van der Waals surface area contributed by atoms with Crippen molar-refractivity contribution in [3.63, 3.8) is 0 Å². The SMILES string of the molecule is CC1CNCC(C(=O)NCCc2ccccc2)C1. The van der Waals surface area contributed by atoms with Crippen LogP contribution in [0, 0.1) is 11.8 Å². The molecular weight excluding hydrogens is 224 g/mol. The highest BCUT2D eigenvalue weighted by Gasteiger charge is 2.24. The van der Waals surface area contributed by atoms with E-state index in [4.69, 9.17) is 0 Å². The van der Waals surface area contributed by atoms with Gasteiger partial charge in [-0.05, 0) is 30.9 Å². The Balaban J connectivity index is 1.71. The minimum Gasteiger partial charge on any atom is -0.355 e. The van der Waals surface area contributed by atoms with Gasteiger partial charge in [0.2, 0.25) is 5.91 Å². The smallest absolute Gasteiger partial charge is 0.224 e. The predicted molar refractivity (Wildman–Crippen MR) is 73.3 cm³/mol. The number of benzene rings is 1. The van der Waals surface area contributed by atoms with Gasteiger partial charge in [0.25, 0.3) is 0 Å². The first-order chi connectivity index (χ1) is 8.75. The molecule has 1 fully saturated rings. The first kappa shape index (κ1) is 13.1. The number of hydrogen-bond acceptors (Lipinski definition) is 2. The molecule has 1 heterocycles. The summed E-state index contributed by atoms with van der Waals surface area (Å²) >= 11 is 0. The van der Waals surface area contributed by atoms with Gasteiger partial charge in [0.05, 0.1) is 5.92 Å². The van der Waals surface area contributed by atoms with E-state index < -0.39 is 0 Å². The molecule has 0 bridgehead atoms. The summed E-state index contributed by atoms with van der Waals surface area (Å²) in [7, 11) is 0. The monoisotopic (exact) mass is 246 g/mol. The van der Waals surface area contributed by atoms with Gasteiger partial charge < -0.3 is 10.6 Å². The van der Waals surface area contributed by atoms with Crippen molar-refractivity contribution in [3.05, 3.63) is 35.9 Å². The molecule has 1 saturated heterocycles. The van der Waals surface area contributed by atoms with Crippen molar-refractivity contribution in [2.24, 2.45) is 11.8 Å². The molecule has 1 aliphatic rings. The van der Waals surface area contributed by atoms with Crippen molar-refractivity contribution in [1.29, 1.82) is 0 Å². The fraction of sp³-hybridized carbons (Fsp3) is 0.533. The topological polar surface area (TPSA) is 41.1 Å². The Morgan fingerprint density at radius 3 is 2.83 bits per heavy atom. The zero-order chi connectivity index (χ0) is 12.8. The lowest BCUT2D eigenvalue weighted by Crippen LogP contribution is -2.43. The van der Waals surface area contributed by atoms with Crippen molar-refractivity contribution in [2.45, 2.75) is 19.8 Å². The Hall–Kier alpha value is -1.35. The summed E-state index contributed by atoms with van der Waals surface area (Å²) in [5, 5.41) is 6.36. The van der Waals surface area contributed by atoms with Crippen molar-refractivity contribution >= 4 is 5.91 Å². The molecule has 2 N–H and O–H groups in total. The van der Waals surface area contributed by atoms with E-state index in [1.807, 2.05) is 18.2 Å². The van der Waals surface area contributed by atoms with Gasteiger partial charge in [-0.1, -0.05) is 37.3 Å². The summed E-state index contributed by atoms with van der Waals surface area (Å²) in [4.78, 5) is 12.0. The molecular formula is C15H22N2O. The lowest BCUT2D eigenvalue weighted by molar-refractivity contribution is -0.125. The highest BCUT2D eigenvalue weighted by atomic mass is 16.1. The van der Waals surface area contributed by atoms with E-state index in [1.165, 1.54) is 5.56 Å². The third kappa shape index (κ3) is 3.84. The summed E-state index contributed by atoms with van der Waals surface area (Å²) in [6, 6.07) is 10.3. The highest BCUT2D eigenvalue weighted by Crippen LogP contribution is 2.15. The minimum absolute atomic E-state index is 0.143. The van der Waals surface area contributed by atoms with E-state index in [2.05, 4.69) is 29.7 Å². The predicted octanol–water partition coefficient (Wildman–Crippen LogP) is 1.59. The van der Waals surface area contributed by atoms with Gasteiger partial charge in [-0.15, -0.1) is 0 Å². The van der Waals surface area contributed by atoms with E-state index in [0.29, 0.717) is 5.92 Å². The molecule has 0 aromatic heterocycles. The molecule has 98 valence electrons. The van der Waals surface area contributed by atoms with Crippen LogP contribution >= 0.6 is 0 Å². The van der Waals surface area contributed by atoms with Crippen molar-refractivity contribution in [2.75, 3.05) is 19.6 Å². The number of rotatable bonds is 4. The number of carbonyl (C=O) groups is 1. The number of hydrogen-bond donors (Lipinski definition) is 2. The molecule has 1 aliphatic heterocycles. The Bertz CT molecular complexity index is 377. The molecule has 1 amide bonds. The largest absolute Gasteiger partial charge is 0.355 e. The van der Waals surface area contributed by atoms with E-state index in [0.717, 1.165) is 32.5 Å². The molecule has 3 heteroatoms. The molecule has 3 nitrogen and oxygen atoms in total. The number of carbonyl (C=O) groups excluding carboxylic acids is 1. The second-order valence-corrected chi connectivity index (χ2v) is 5.22. The van der Waals surface area contributed by atoms with Crippen LogP contribution in [0.3, 0.4) is 0 Å². The molecule has 0 radical (unpaired) electrons. The van der Waals surface area contributed by atoms with Crippen LogP contribution in [0.25, 0.3) is 0 Å². The summed E-state index contributed by atoms with van der Waals surface area (Å²) < 4.78 is 0. The van der Waals surface area contributed by atoms with Crippen molar-refractivity contribution < 1.29 is 4.79 Å². The van der Waals surface area contributed by atoms with E-state index in [1.54, 1.807) is 0 Å². The Morgan fingerprint density at radius 1 is 1.33 bits per heavy atom. The lowest BCUT2D eigenvalue weighted by atomic mass is 9.91. The second kappa shape index (κ2) is 6.55. The lowest BCUT2D eigenvalue weighted by Gasteiger charge is -2.26. The normalized spacial score (nSPS) is 23.6. The highest BCUT2D eigenvalue weighted by molar-refractivity contribution is 5.79. The van der Waals surface area contributed by atoms with E-state index >= 15 is 0 Å². The van der Waals surface area contributed by atoms with Gasteiger partial charge in [-0.25, -0.2) is 0 Å². The quantitative estimate of drug-likeness (QED) is 0.847. The van der Waals surface area contributed by atoms with Crippen LogP contribution in [0.1, 0.15) is 18.9 Å². The van der Waals surface area contributed by atoms with Crippen molar-refractivity contribution in [3.8, 4) is 0 Å². The molecule has 0 saturated carbocycles. The molecule has 0 aliphatic carbocycles. The molecule has 1 aromatic rings. The third-order valence-corrected chi connectivity index (χ3v) is 3.50. The van der Waals surface area contributed by atoms with Crippen molar-refractivity contribution in [1.82, 2.24) is 10.6 Å². The van der Waals surface area contributed by atoms with Gasteiger partial charge in [0.15, 0.2) is 0 Å². The summed E-state index contributed by atoms with van der Waals surface area (Å²) in [6.07, 6.45) is 1.91. The van der Waals surface area contributed by atoms with Crippen LogP contribution < -0.4 is 10.6 Å². The molecule has 2 rings (SSSR count). The first-order valence-electron chi connectivity index (χ1n) is 6.78. The Labute approximate surface area is 109 Å². The standard InChI is InChI=1S/C15H22N2O/c1-12-9-14(11-16-10-12)15(18)17-8-7-13-5-3-2-4-6-13/h2-6,12,14,16H,7-11H2,1H3,(H,17,18). The fourth-order valence-electron chi connectivity index (χ4n) is 2.48. The van der Waals surface area contributed by atoms with Gasteiger partial charge in [-0.2, -0.15) is 0 Å². The number of nitrogens with one attached hydrogen (secondary N) is 2. The van der Waals surface area contributed by atoms with Gasteiger partial charge in [-0.3, -0.25) is 4.79 Å². The maximum atomic E-state index is 12.0. The summed E-state index contributed by atoms with van der Waals surface area (Å²) in [5.74, 6) is 0.943. The van der Waals surface area contributed by atoms with E-state index in [9.17, 15) is 4.79 Å². The van der Waals surface area contributed by atoms with Gasteiger partial charge >= 0.3 is 0 Å². The average Bonchev–Trinajstić information content (AvgIpc) is 2.40. The average molecular weight is 246 g/mol. The summed E-state index contributed by atoms with van der Waals surface area (Å²) in [5.41, 5.74) is 1.27.